The third-order valence-electron chi connectivity index (χ3n) is 4.33. The molecule has 0 aliphatic carbocycles. The summed E-state index contributed by atoms with van der Waals surface area (Å²) < 4.78 is 10.4. The molecular formula is C23H22N2O4. The average Bonchev–Trinajstić information content (AvgIpc) is 2.78. The van der Waals surface area contributed by atoms with E-state index in [2.05, 4.69) is 5.32 Å². The Balaban J connectivity index is 1.82. The van der Waals surface area contributed by atoms with Crippen LogP contribution in [0.4, 0.5) is 11.4 Å². The van der Waals surface area contributed by atoms with Gasteiger partial charge in [-0.25, -0.2) is 0 Å². The number of nitrogens with one attached hydrogen (secondary N) is 1. The molecule has 0 aromatic heterocycles. The summed E-state index contributed by atoms with van der Waals surface area (Å²) in [6.45, 7) is 0.281. The molecule has 0 bridgehead atoms. The van der Waals surface area contributed by atoms with Gasteiger partial charge in [0.1, 0.15) is 0 Å². The van der Waals surface area contributed by atoms with Crippen molar-refractivity contribution in [2.24, 2.45) is 0 Å². The van der Waals surface area contributed by atoms with Crippen molar-refractivity contribution in [3.05, 3.63) is 84.4 Å². The highest BCUT2D eigenvalue weighted by molar-refractivity contribution is 6.44. The Morgan fingerprint density at radius 2 is 1.45 bits per heavy atom. The van der Waals surface area contributed by atoms with Gasteiger partial charge in [0.25, 0.3) is 0 Å². The first-order chi connectivity index (χ1) is 14.1. The molecule has 2 amide bonds. The van der Waals surface area contributed by atoms with Gasteiger partial charge in [0.05, 0.1) is 20.8 Å². The van der Waals surface area contributed by atoms with E-state index >= 15 is 0 Å². The fourth-order valence-electron chi connectivity index (χ4n) is 2.88. The van der Waals surface area contributed by atoms with E-state index in [-0.39, 0.29) is 6.54 Å². The molecule has 148 valence electrons. The highest BCUT2D eigenvalue weighted by atomic mass is 16.5. The largest absolute Gasteiger partial charge is 0.493 e. The number of rotatable bonds is 6. The first kappa shape index (κ1) is 19.9. The van der Waals surface area contributed by atoms with Crippen LogP contribution >= 0.6 is 0 Å². The number of carbonyl (C=O) groups excluding carboxylic acids is 2. The molecule has 3 aromatic rings. The topological polar surface area (TPSA) is 67.9 Å². The number of carbonyl (C=O) groups is 2. The van der Waals surface area contributed by atoms with Gasteiger partial charge < -0.3 is 14.8 Å². The second kappa shape index (κ2) is 9.41. The lowest BCUT2D eigenvalue weighted by Crippen LogP contribution is -2.39. The van der Waals surface area contributed by atoms with Crippen LogP contribution in [0, 0.1) is 0 Å². The Bertz CT molecular complexity index is 975. The minimum atomic E-state index is -0.739. The van der Waals surface area contributed by atoms with E-state index < -0.39 is 11.8 Å². The standard InChI is InChI=1S/C23H22N2O4/c1-28-20-14-13-18(15-21(20)29-2)24-22(26)23(27)25(19-11-7-4-8-12-19)16-17-9-5-3-6-10-17/h3-15H,16H2,1-2H3,(H,24,26). The van der Waals surface area contributed by atoms with Crippen molar-refractivity contribution in [2.45, 2.75) is 6.54 Å². The van der Waals surface area contributed by atoms with Crippen LogP contribution in [0.25, 0.3) is 0 Å². The molecule has 3 aromatic carbocycles. The zero-order valence-electron chi connectivity index (χ0n) is 16.3. The van der Waals surface area contributed by atoms with Crippen LogP contribution in [0.3, 0.4) is 0 Å². The summed E-state index contributed by atoms with van der Waals surface area (Å²) in [5.74, 6) is -0.402. The average molecular weight is 390 g/mol. The van der Waals surface area contributed by atoms with Gasteiger partial charge in [0.15, 0.2) is 11.5 Å². The van der Waals surface area contributed by atoms with Gasteiger partial charge in [-0.15, -0.1) is 0 Å². The van der Waals surface area contributed by atoms with Crippen LogP contribution in [0.15, 0.2) is 78.9 Å². The number of amides is 2. The molecule has 0 aliphatic rings. The summed E-state index contributed by atoms with van der Waals surface area (Å²) in [6.07, 6.45) is 0. The second-order valence-corrected chi connectivity index (χ2v) is 6.24. The zero-order valence-corrected chi connectivity index (χ0v) is 16.3. The van der Waals surface area contributed by atoms with Crippen LogP contribution in [-0.4, -0.2) is 26.0 Å². The van der Waals surface area contributed by atoms with Gasteiger partial charge in [0.2, 0.25) is 0 Å². The molecule has 0 saturated carbocycles. The highest BCUT2D eigenvalue weighted by Gasteiger charge is 2.24. The Morgan fingerprint density at radius 1 is 0.828 bits per heavy atom. The van der Waals surface area contributed by atoms with Crippen molar-refractivity contribution < 1.29 is 19.1 Å². The van der Waals surface area contributed by atoms with E-state index in [0.717, 1.165) is 5.56 Å². The van der Waals surface area contributed by atoms with Gasteiger partial charge >= 0.3 is 11.8 Å². The van der Waals surface area contributed by atoms with E-state index in [4.69, 9.17) is 9.47 Å². The third-order valence-corrected chi connectivity index (χ3v) is 4.33. The number of ether oxygens (including phenoxy) is 2. The van der Waals surface area contributed by atoms with Gasteiger partial charge in [-0.2, -0.15) is 0 Å². The van der Waals surface area contributed by atoms with E-state index in [1.54, 1.807) is 30.3 Å². The molecule has 1 N–H and O–H groups in total. The number of nitrogens with zero attached hydrogens (tertiary/aromatic N) is 1. The number of hydrogen-bond donors (Lipinski definition) is 1. The lowest BCUT2D eigenvalue weighted by Gasteiger charge is -2.22. The molecule has 0 saturated heterocycles. The molecule has 0 radical (unpaired) electrons. The molecule has 3 rings (SSSR count). The van der Waals surface area contributed by atoms with Crippen molar-refractivity contribution in [1.29, 1.82) is 0 Å². The minimum Gasteiger partial charge on any atom is -0.493 e. The number of methoxy groups -OCH3 is 2. The maximum Gasteiger partial charge on any atom is 0.316 e. The first-order valence-electron chi connectivity index (χ1n) is 9.06. The summed E-state index contributed by atoms with van der Waals surface area (Å²) in [5, 5.41) is 2.64. The number of para-hydroxylation sites is 1. The van der Waals surface area contributed by atoms with Crippen molar-refractivity contribution in [1.82, 2.24) is 0 Å². The zero-order chi connectivity index (χ0) is 20.6. The van der Waals surface area contributed by atoms with E-state index in [1.165, 1.54) is 19.1 Å². The van der Waals surface area contributed by atoms with Crippen molar-refractivity contribution in [2.75, 3.05) is 24.4 Å². The van der Waals surface area contributed by atoms with Gasteiger partial charge in [-0.1, -0.05) is 48.5 Å². The second-order valence-electron chi connectivity index (χ2n) is 6.24. The normalized spacial score (nSPS) is 10.1. The number of anilines is 2. The third kappa shape index (κ3) is 4.93. The summed E-state index contributed by atoms with van der Waals surface area (Å²) in [5.41, 5.74) is 2.00. The van der Waals surface area contributed by atoms with Crippen LogP contribution in [0.5, 0.6) is 11.5 Å². The highest BCUT2D eigenvalue weighted by Crippen LogP contribution is 2.29. The molecular weight excluding hydrogens is 368 g/mol. The van der Waals surface area contributed by atoms with Crippen LogP contribution in [0.2, 0.25) is 0 Å². The molecule has 0 heterocycles. The van der Waals surface area contributed by atoms with E-state index in [9.17, 15) is 9.59 Å². The molecule has 0 aliphatic heterocycles. The lowest BCUT2D eigenvalue weighted by molar-refractivity contribution is -0.134. The number of benzene rings is 3. The van der Waals surface area contributed by atoms with Gasteiger partial charge in [-0.05, 0) is 29.8 Å². The Kier molecular flexibility index (Phi) is 6.47. The predicted octanol–water partition coefficient (Wildman–Crippen LogP) is 3.88. The van der Waals surface area contributed by atoms with Crippen LogP contribution in [-0.2, 0) is 16.1 Å². The molecule has 6 nitrogen and oxygen atoms in total. The fourth-order valence-corrected chi connectivity index (χ4v) is 2.88. The summed E-state index contributed by atoms with van der Waals surface area (Å²) >= 11 is 0. The molecule has 29 heavy (non-hydrogen) atoms. The molecule has 0 fully saturated rings. The first-order valence-corrected chi connectivity index (χ1v) is 9.06. The van der Waals surface area contributed by atoms with Gasteiger partial charge in [-0.3, -0.25) is 14.5 Å². The quantitative estimate of drug-likeness (QED) is 0.649. The van der Waals surface area contributed by atoms with E-state index in [1.807, 2.05) is 48.5 Å². The maximum absolute atomic E-state index is 13.0. The number of hydrogen-bond acceptors (Lipinski definition) is 4. The molecule has 0 unspecified atom stereocenters. The molecule has 6 heteroatoms. The van der Waals surface area contributed by atoms with Crippen molar-refractivity contribution in [3.63, 3.8) is 0 Å². The van der Waals surface area contributed by atoms with Crippen LogP contribution in [0.1, 0.15) is 5.56 Å². The Morgan fingerprint density at radius 3 is 2.07 bits per heavy atom. The maximum atomic E-state index is 13.0. The van der Waals surface area contributed by atoms with E-state index in [0.29, 0.717) is 22.9 Å². The Labute approximate surface area is 169 Å². The lowest BCUT2D eigenvalue weighted by atomic mass is 10.2. The summed E-state index contributed by atoms with van der Waals surface area (Å²) in [4.78, 5) is 27.1. The predicted molar refractivity (Wildman–Crippen MR) is 112 cm³/mol. The Hall–Kier alpha value is -3.80. The monoisotopic (exact) mass is 390 g/mol. The van der Waals surface area contributed by atoms with Crippen molar-refractivity contribution in [3.8, 4) is 11.5 Å². The SMILES string of the molecule is COc1ccc(NC(=O)C(=O)N(Cc2ccccc2)c2ccccc2)cc1OC. The minimum absolute atomic E-state index is 0.281. The summed E-state index contributed by atoms with van der Waals surface area (Å²) in [6, 6.07) is 23.5. The van der Waals surface area contributed by atoms with Gasteiger partial charge in [0, 0.05) is 17.4 Å². The summed E-state index contributed by atoms with van der Waals surface area (Å²) in [7, 11) is 3.03. The smallest absolute Gasteiger partial charge is 0.316 e. The van der Waals surface area contributed by atoms with Crippen molar-refractivity contribution >= 4 is 23.2 Å². The molecule has 0 spiro atoms. The fraction of sp³-hybridized carbons (Fsp3) is 0.130. The molecule has 0 atom stereocenters. The van der Waals surface area contributed by atoms with Crippen LogP contribution < -0.4 is 19.7 Å².